The highest BCUT2D eigenvalue weighted by Gasteiger charge is 2.27. The number of rotatable bonds is 10. The van der Waals surface area contributed by atoms with E-state index in [0.29, 0.717) is 45.7 Å². The van der Waals surface area contributed by atoms with E-state index in [2.05, 4.69) is 20.3 Å². The molecule has 0 spiro atoms. The number of aromatic nitrogens is 6. The molecule has 6 heterocycles. The lowest BCUT2D eigenvalue weighted by Crippen LogP contribution is -2.40. The van der Waals surface area contributed by atoms with Crippen molar-refractivity contribution in [2.75, 3.05) is 6.61 Å². The minimum absolute atomic E-state index is 0.0481. The van der Waals surface area contributed by atoms with Crippen LogP contribution in [-0.2, 0) is 24.4 Å². The summed E-state index contributed by atoms with van der Waals surface area (Å²) < 4.78 is 9.22. The van der Waals surface area contributed by atoms with Gasteiger partial charge in [0.2, 0.25) is 0 Å². The molecule has 18 heteroatoms. The van der Waals surface area contributed by atoms with Crippen molar-refractivity contribution < 1.29 is 24.5 Å². The van der Waals surface area contributed by atoms with Crippen LogP contribution >= 0.6 is 11.6 Å². The standard InChI is InChI=1S/C22H23N3O3.C18H16N2O4.C16H10ClN3O.C6H13N/c26-19-17-12-7-13-23-20(17)25(14-15-8-3-1-4-9-15)22(28)18(19)21(27)24-16-10-5-2-6-11-16;1-2-24-18(23)14-15(21)13-9-6-10-19-16(13)20(17(14)22)11-12-7-4-3-5-8-12;17-14-12-7-4-8-19-15(12)20(16(21)13(14)9-18)10-11-5-2-1-3-6-11;7-6-4-2-1-3-5-6/h1,3-4,7-9,12-13,16,26H,2,5-6,10-11,14H2,(H,24,27);3-10,21H,2,11H2,1H3;1-8H,10H2;6H,1-5,7H2. The van der Waals surface area contributed by atoms with Crippen LogP contribution in [0.1, 0.15) is 114 Å². The largest absolute Gasteiger partial charge is 0.506 e. The van der Waals surface area contributed by atoms with E-state index in [9.17, 15) is 39.4 Å². The molecular weight excluding hydrogens is 1030 g/mol. The molecule has 17 nitrogen and oxygen atoms in total. The molecule has 2 fully saturated rings. The predicted molar refractivity (Wildman–Crippen MR) is 309 cm³/mol. The number of ether oxygens (including phenoxy) is 1. The van der Waals surface area contributed by atoms with E-state index in [1.165, 1.54) is 58.4 Å². The summed E-state index contributed by atoms with van der Waals surface area (Å²) in [5, 5.41) is 34.7. The first-order chi connectivity index (χ1) is 38.9. The summed E-state index contributed by atoms with van der Waals surface area (Å²) in [5.41, 5.74) is 7.36. The normalized spacial score (nSPS) is 13.4. The number of pyridine rings is 6. The highest BCUT2D eigenvalue weighted by atomic mass is 35.5. The topological polar surface area (TPSA) is 250 Å². The Morgan fingerprint density at radius 1 is 0.600 bits per heavy atom. The lowest BCUT2D eigenvalue weighted by Gasteiger charge is -2.23. The molecule has 0 bridgehead atoms. The Morgan fingerprint density at radius 2 is 1.00 bits per heavy atom. The third-order valence-electron chi connectivity index (χ3n) is 13.9. The van der Waals surface area contributed by atoms with Crippen molar-refractivity contribution in [3.05, 3.63) is 215 Å². The van der Waals surface area contributed by atoms with Crippen LogP contribution in [0.15, 0.2) is 160 Å². The van der Waals surface area contributed by atoms with E-state index >= 15 is 0 Å². The number of hydrogen-bond donors (Lipinski definition) is 4. The third-order valence-corrected chi connectivity index (χ3v) is 14.3. The molecule has 1 amide bonds. The second kappa shape index (κ2) is 27.6. The van der Waals surface area contributed by atoms with Gasteiger partial charge >= 0.3 is 5.97 Å². The van der Waals surface area contributed by atoms with Gasteiger partial charge in [-0.2, -0.15) is 5.26 Å². The molecule has 2 aliphatic carbocycles. The van der Waals surface area contributed by atoms with Crippen LogP contribution in [0, 0.1) is 11.3 Å². The number of carbonyl (C=O) groups is 2. The number of halogens is 1. The van der Waals surface area contributed by atoms with Gasteiger partial charge in [-0.25, -0.2) is 19.7 Å². The molecule has 0 saturated heterocycles. The van der Waals surface area contributed by atoms with Crippen LogP contribution in [0.2, 0.25) is 5.02 Å². The fourth-order valence-electron chi connectivity index (χ4n) is 9.84. The number of aromatic hydroxyl groups is 2. The maximum absolute atomic E-state index is 13.2. The average molecular weight is 1100 g/mol. The van der Waals surface area contributed by atoms with E-state index in [-0.39, 0.29) is 53.2 Å². The number of nitrogens with one attached hydrogen (secondary N) is 1. The average Bonchev–Trinajstić information content (AvgIpc) is 3.48. The minimum Gasteiger partial charge on any atom is -0.506 e. The summed E-state index contributed by atoms with van der Waals surface area (Å²) in [6.07, 6.45) is 16.5. The number of carbonyl (C=O) groups excluding carboxylic acids is 2. The first-order valence-corrected chi connectivity index (χ1v) is 27.1. The van der Waals surface area contributed by atoms with E-state index in [0.717, 1.165) is 42.4 Å². The Morgan fingerprint density at radius 3 is 1.43 bits per heavy atom. The van der Waals surface area contributed by atoms with E-state index in [4.69, 9.17) is 22.1 Å². The molecule has 0 radical (unpaired) electrons. The SMILES string of the molecule is CCOC(=O)c1c(O)c2cccnc2n(Cc2ccccc2)c1=O.N#Cc1c(Cl)c2cccnc2n(Cc2ccccc2)c1=O.NC1CCCCC1.O=C(NC1CCCCC1)c1c(O)c2cccnc2n(Cc2ccccc2)c1=O. The Hall–Kier alpha value is -8.98. The van der Waals surface area contributed by atoms with Gasteiger partial charge in [0.15, 0.2) is 5.56 Å². The zero-order valence-corrected chi connectivity index (χ0v) is 45.1. The molecule has 0 unspecified atom stereocenters. The van der Waals surface area contributed by atoms with Gasteiger partial charge in [0.05, 0.1) is 42.0 Å². The molecule has 410 valence electrons. The molecule has 6 aromatic heterocycles. The first-order valence-electron chi connectivity index (χ1n) is 26.7. The van der Waals surface area contributed by atoms with E-state index in [1.807, 2.05) is 97.1 Å². The fourth-order valence-corrected chi connectivity index (χ4v) is 10.1. The smallest absolute Gasteiger partial charge is 0.347 e. The van der Waals surface area contributed by atoms with Crippen LogP contribution in [0.25, 0.3) is 33.1 Å². The number of esters is 1. The second-order valence-electron chi connectivity index (χ2n) is 19.4. The van der Waals surface area contributed by atoms with Crippen molar-refractivity contribution in [2.24, 2.45) is 5.73 Å². The van der Waals surface area contributed by atoms with Gasteiger partial charge in [0.1, 0.15) is 45.6 Å². The lowest BCUT2D eigenvalue weighted by atomic mass is 9.95. The molecule has 9 aromatic rings. The summed E-state index contributed by atoms with van der Waals surface area (Å²) in [7, 11) is 0. The number of nitrogens with zero attached hydrogens (tertiary/aromatic N) is 7. The summed E-state index contributed by atoms with van der Waals surface area (Å²) >= 11 is 6.15. The molecule has 80 heavy (non-hydrogen) atoms. The van der Waals surface area contributed by atoms with Crippen LogP contribution in [0.5, 0.6) is 11.5 Å². The molecule has 3 aromatic carbocycles. The van der Waals surface area contributed by atoms with Crippen molar-refractivity contribution in [3.63, 3.8) is 0 Å². The van der Waals surface area contributed by atoms with Crippen molar-refractivity contribution >= 4 is 56.6 Å². The maximum Gasteiger partial charge on any atom is 0.347 e. The number of amides is 1. The number of nitrogens with two attached hydrogens (primary N) is 1. The first kappa shape index (κ1) is 57.2. The minimum atomic E-state index is -0.840. The Labute approximate surface area is 466 Å². The zero-order valence-electron chi connectivity index (χ0n) is 44.3. The van der Waals surface area contributed by atoms with Gasteiger partial charge in [-0.05, 0) is 85.7 Å². The third kappa shape index (κ3) is 13.6. The fraction of sp³-hybridized carbons (Fsp3) is 0.274. The van der Waals surface area contributed by atoms with Crippen LogP contribution in [0.4, 0.5) is 0 Å². The molecule has 2 saturated carbocycles. The van der Waals surface area contributed by atoms with Gasteiger partial charge in [-0.1, -0.05) is 141 Å². The highest BCUT2D eigenvalue weighted by molar-refractivity contribution is 6.36. The molecule has 0 aliphatic heterocycles. The van der Waals surface area contributed by atoms with Crippen molar-refractivity contribution in [1.82, 2.24) is 34.0 Å². The zero-order chi connectivity index (χ0) is 56.5. The summed E-state index contributed by atoms with van der Waals surface area (Å²) in [5.74, 6) is -2.05. The van der Waals surface area contributed by atoms with Gasteiger partial charge in [0.25, 0.3) is 22.6 Å². The van der Waals surface area contributed by atoms with E-state index in [1.54, 1.807) is 55.7 Å². The van der Waals surface area contributed by atoms with Crippen molar-refractivity contribution in [2.45, 2.75) is 103 Å². The van der Waals surface area contributed by atoms with Crippen molar-refractivity contribution in [1.29, 1.82) is 5.26 Å². The summed E-state index contributed by atoms with van der Waals surface area (Å²) in [4.78, 5) is 76.2. The Kier molecular flexibility index (Phi) is 19.7. The van der Waals surface area contributed by atoms with Gasteiger partial charge in [-0.3, -0.25) is 32.9 Å². The van der Waals surface area contributed by atoms with Crippen molar-refractivity contribution in [3.8, 4) is 17.6 Å². The number of hydrogen-bond acceptors (Lipinski definition) is 13. The highest BCUT2D eigenvalue weighted by Crippen LogP contribution is 2.29. The van der Waals surface area contributed by atoms with Gasteiger partial charge < -0.3 is 26.0 Å². The lowest BCUT2D eigenvalue weighted by molar-refractivity contribution is 0.0520. The number of benzene rings is 3. The van der Waals surface area contributed by atoms with Crippen LogP contribution < -0.4 is 27.7 Å². The van der Waals surface area contributed by atoms with E-state index < -0.39 is 34.3 Å². The molecular formula is C62H62ClN9O8. The Bertz CT molecular complexity index is 3840. The number of nitriles is 1. The molecule has 0 atom stereocenters. The maximum atomic E-state index is 13.2. The molecule has 5 N–H and O–H groups in total. The summed E-state index contributed by atoms with van der Waals surface area (Å²) in [6, 6.07) is 41.0. The predicted octanol–water partition coefficient (Wildman–Crippen LogP) is 9.79. The van der Waals surface area contributed by atoms with Gasteiger partial charge in [0, 0.05) is 36.1 Å². The quantitative estimate of drug-likeness (QED) is 0.0932. The summed E-state index contributed by atoms with van der Waals surface area (Å²) in [6.45, 7) is 2.61. The van der Waals surface area contributed by atoms with Crippen LogP contribution in [0.3, 0.4) is 0 Å². The number of fused-ring (bicyclic) bond motifs is 3. The van der Waals surface area contributed by atoms with Crippen LogP contribution in [-0.4, -0.2) is 69.4 Å². The molecule has 2 aliphatic rings. The Balaban J connectivity index is 0.000000149. The second-order valence-corrected chi connectivity index (χ2v) is 19.8. The molecule has 11 rings (SSSR count). The monoisotopic (exact) mass is 1100 g/mol. The van der Waals surface area contributed by atoms with Gasteiger partial charge in [-0.15, -0.1) is 0 Å².